The molecule has 0 aromatic heterocycles. The first kappa shape index (κ1) is 27.4. The number of Topliss-reactive ketones (excluding diaryl/α,β-unsaturated/α-hetero) is 2. The summed E-state index contributed by atoms with van der Waals surface area (Å²) in [4.78, 5) is 54.4. The number of likely N-dealkylation sites (N-methyl/N-ethyl adjacent to an activating group) is 1. The van der Waals surface area contributed by atoms with Crippen LogP contribution < -0.4 is 16.0 Å². The van der Waals surface area contributed by atoms with E-state index < -0.39 is 75.6 Å². The van der Waals surface area contributed by atoms with Gasteiger partial charge in [0.2, 0.25) is 11.7 Å². The van der Waals surface area contributed by atoms with Crippen LogP contribution in [0.4, 0.5) is 11.4 Å². The number of hydrogen-bond acceptors (Lipinski definition) is 10. The predicted molar refractivity (Wildman–Crippen MR) is 137 cm³/mol. The van der Waals surface area contributed by atoms with Crippen LogP contribution in [0, 0.1) is 11.8 Å². The van der Waals surface area contributed by atoms with Gasteiger partial charge in [0.15, 0.2) is 17.1 Å². The van der Waals surface area contributed by atoms with Crippen LogP contribution in [0.2, 0.25) is 0 Å². The molecule has 2 amide bonds. The third-order valence-corrected chi connectivity index (χ3v) is 7.82. The number of phenolic OH excluding ortho intramolecular Hbond substituents is 1. The molecule has 3 aliphatic rings. The first-order valence-corrected chi connectivity index (χ1v) is 12.3. The number of amides is 2. The lowest BCUT2D eigenvalue weighted by Crippen LogP contribution is -2.63. The Bertz CT molecular complexity index is 1350. The number of carbonyl (C=O) groups excluding carboxylic acids is 4. The van der Waals surface area contributed by atoms with Crippen LogP contribution in [-0.4, -0.2) is 94.4 Å². The van der Waals surface area contributed by atoms with Gasteiger partial charge in [0.25, 0.3) is 5.91 Å². The number of anilines is 2. The molecule has 4 rings (SSSR count). The van der Waals surface area contributed by atoms with Gasteiger partial charge in [-0.1, -0.05) is 0 Å². The minimum atomic E-state index is -2.73. The Hall–Kier alpha value is -3.61. The molecule has 1 aromatic carbocycles. The van der Waals surface area contributed by atoms with E-state index in [1.165, 1.54) is 11.0 Å². The summed E-state index contributed by atoms with van der Waals surface area (Å²) in [6.07, 6.45) is 0.101. The Balaban J connectivity index is 1.97. The van der Waals surface area contributed by atoms with Crippen molar-refractivity contribution in [3.8, 4) is 5.75 Å². The second-order valence-corrected chi connectivity index (χ2v) is 10.5. The van der Waals surface area contributed by atoms with Crippen molar-refractivity contribution in [3.63, 3.8) is 0 Å². The van der Waals surface area contributed by atoms with Gasteiger partial charge >= 0.3 is 0 Å². The first-order chi connectivity index (χ1) is 17.7. The minimum Gasteiger partial charge on any atom is -0.510 e. The molecule has 204 valence electrons. The lowest BCUT2D eigenvalue weighted by atomic mass is 9.58. The van der Waals surface area contributed by atoms with Crippen molar-refractivity contribution in [2.24, 2.45) is 17.6 Å². The molecule has 0 bridgehead atoms. The number of aromatic hydroxyl groups is 1. The van der Waals surface area contributed by atoms with Crippen molar-refractivity contribution in [2.75, 3.05) is 44.3 Å². The van der Waals surface area contributed by atoms with Crippen molar-refractivity contribution in [1.82, 2.24) is 4.90 Å². The highest BCUT2D eigenvalue weighted by Crippen LogP contribution is 2.53. The molecule has 38 heavy (non-hydrogen) atoms. The maximum Gasteiger partial charge on any atom is 0.255 e. The Kier molecular flexibility index (Phi) is 6.71. The van der Waals surface area contributed by atoms with Gasteiger partial charge in [0.05, 0.1) is 17.3 Å². The van der Waals surface area contributed by atoms with E-state index in [0.717, 1.165) is 0 Å². The SMILES string of the molecule is CN(C)c1cc(NC(=O)CCl)c(O)c2c1C[C@H]1C[C@H]3[C@H](N(C)C)C(O)=C(C(N)=O)C(=O)[C@@]3(O)C(O)=C1C2=O. The first-order valence-electron chi connectivity index (χ1n) is 11.7. The summed E-state index contributed by atoms with van der Waals surface area (Å²) in [6.45, 7) is 0. The molecule has 4 atom stereocenters. The van der Waals surface area contributed by atoms with E-state index in [4.69, 9.17) is 17.3 Å². The number of hydrogen-bond donors (Lipinski definition) is 6. The molecule has 0 spiro atoms. The lowest BCUT2D eigenvalue weighted by Gasteiger charge is -2.50. The topological polar surface area (TPSA) is 194 Å². The van der Waals surface area contributed by atoms with E-state index in [0.29, 0.717) is 11.3 Å². The highest BCUT2D eigenvalue weighted by molar-refractivity contribution is 6.29. The van der Waals surface area contributed by atoms with Gasteiger partial charge in [-0.2, -0.15) is 0 Å². The normalized spacial score (nSPS) is 26.7. The second kappa shape index (κ2) is 9.29. The number of primary amides is 1. The van der Waals surface area contributed by atoms with Crippen LogP contribution in [0.25, 0.3) is 0 Å². The third kappa shape index (κ3) is 3.74. The van der Waals surface area contributed by atoms with Crippen molar-refractivity contribution in [1.29, 1.82) is 0 Å². The molecule has 0 aliphatic heterocycles. The highest BCUT2D eigenvalue weighted by Gasteiger charge is 2.63. The zero-order valence-corrected chi connectivity index (χ0v) is 22.0. The fourth-order valence-electron chi connectivity index (χ4n) is 5.98. The molecule has 0 saturated carbocycles. The van der Waals surface area contributed by atoms with Crippen molar-refractivity contribution in [2.45, 2.75) is 24.5 Å². The van der Waals surface area contributed by atoms with Gasteiger partial charge in [0.1, 0.15) is 23.0 Å². The van der Waals surface area contributed by atoms with E-state index in [1.54, 1.807) is 33.1 Å². The van der Waals surface area contributed by atoms with Crippen molar-refractivity contribution < 1.29 is 39.6 Å². The number of nitrogens with one attached hydrogen (secondary N) is 1. The summed E-state index contributed by atoms with van der Waals surface area (Å²) in [5.74, 6) is -8.45. The number of halogens is 1. The van der Waals surface area contributed by atoms with E-state index in [9.17, 15) is 39.6 Å². The third-order valence-electron chi connectivity index (χ3n) is 7.58. The molecule has 0 radical (unpaired) electrons. The minimum absolute atomic E-state index is 0.0237. The summed E-state index contributed by atoms with van der Waals surface area (Å²) in [7, 11) is 6.55. The largest absolute Gasteiger partial charge is 0.510 e. The summed E-state index contributed by atoms with van der Waals surface area (Å²) in [5, 5.41) is 47.3. The maximum atomic E-state index is 13.9. The molecule has 0 heterocycles. The molecule has 0 unspecified atom stereocenters. The summed E-state index contributed by atoms with van der Waals surface area (Å²) >= 11 is 5.58. The summed E-state index contributed by atoms with van der Waals surface area (Å²) in [6, 6.07) is 0.426. The highest BCUT2D eigenvalue weighted by atomic mass is 35.5. The quantitative estimate of drug-likeness (QED) is 0.170. The Morgan fingerprint density at radius 1 is 1.18 bits per heavy atom. The second-order valence-electron chi connectivity index (χ2n) is 10.2. The molecular formula is C25H29ClN4O8. The van der Waals surface area contributed by atoms with Gasteiger partial charge < -0.3 is 36.4 Å². The maximum absolute atomic E-state index is 13.9. The fraction of sp³-hybridized carbons (Fsp3) is 0.440. The number of ketones is 2. The smallest absolute Gasteiger partial charge is 0.255 e. The van der Waals surface area contributed by atoms with E-state index in [1.807, 2.05) is 0 Å². The summed E-state index contributed by atoms with van der Waals surface area (Å²) < 4.78 is 0. The Labute approximate surface area is 223 Å². The van der Waals surface area contributed by atoms with Crippen molar-refractivity contribution >= 4 is 46.4 Å². The van der Waals surface area contributed by atoms with Gasteiger partial charge in [-0.15, -0.1) is 11.6 Å². The average molecular weight is 549 g/mol. The van der Waals surface area contributed by atoms with E-state index in [2.05, 4.69) is 5.32 Å². The number of fused-ring (bicyclic) bond motifs is 3. The molecule has 13 heteroatoms. The van der Waals surface area contributed by atoms with E-state index in [-0.39, 0.29) is 29.7 Å². The van der Waals surface area contributed by atoms with Gasteiger partial charge in [0, 0.05) is 31.3 Å². The number of rotatable bonds is 5. The zero-order valence-electron chi connectivity index (χ0n) is 21.2. The average Bonchev–Trinajstić information content (AvgIpc) is 2.82. The van der Waals surface area contributed by atoms with Crippen LogP contribution in [0.1, 0.15) is 22.3 Å². The van der Waals surface area contributed by atoms with Gasteiger partial charge in [-0.3, -0.25) is 24.1 Å². The molecule has 0 fully saturated rings. The lowest BCUT2D eigenvalue weighted by molar-refractivity contribution is -0.148. The molecule has 1 aromatic rings. The zero-order chi connectivity index (χ0) is 28.4. The number of aliphatic hydroxyl groups excluding tert-OH is 2. The standard InChI is InChI=1S/C25H29ClN4O8/c1-29(2)13-7-12(28-14(31)8-26)19(32)16-10(13)5-9-6-11-18(30(3)4)21(34)17(24(27)37)23(36)25(11,38)22(35)15(9)20(16)33/h7,9,11,18,32,34-35,38H,5-6,8H2,1-4H3,(H2,27,37)(H,28,31)/t9-,11-,18-,25-/m0/s1. The van der Waals surface area contributed by atoms with Crippen LogP contribution in [0.3, 0.4) is 0 Å². The van der Waals surface area contributed by atoms with Gasteiger partial charge in [-0.25, -0.2) is 0 Å². The van der Waals surface area contributed by atoms with Crippen LogP contribution >= 0.6 is 11.6 Å². The number of allylic oxidation sites excluding steroid dienone is 1. The number of nitrogens with two attached hydrogens (primary N) is 1. The molecule has 12 nitrogen and oxygen atoms in total. The summed E-state index contributed by atoms with van der Waals surface area (Å²) in [5.41, 5.74) is 2.12. The number of aliphatic hydroxyl groups is 3. The van der Waals surface area contributed by atoms with Crippen LogP contribution in [0.15, 0.2) is 28.7 Å². The monoisotopic (exact) mass is 548 g/mol. The molecular weight excluding hydrogens is 520 g/mol. The number of alkyl halides is 1. The number of phenols is 1. The molecule has 0 saturated heterocycles. The predicted octanol–water partition coefficient (Wildman–Crippen LogP) is 0.364. The Morgan fingerprint density at radius 3 is 2.34 bits per heavy atom. The number of carbonyl (C=O) groups is 4. The van der Waals surface area contributed by atoms with Crippen LogP contribution in [0.5, 0.6) is 5.75 Å². The van der Waals surface area contributed by atoms with Gasteiger partial charge in [-0.05, 0) is 44.5 Å². The molecule has 3 aliphatic carbocycles. The molecule has 7 N–H and O–H groups in total. The number of nitrogens with zero attached hydrogens (tertiary/aromatic N) is 2. The van der Waals surface area contributed by atoms with Crippen molar-refractivity contribution in [3.05, 3.63) is 39.9 Å². The number of benzene rings is 1. The van der Waals surface area contributed by atoms with E-state index >= 15 is 0 Å². The fourth-order valence-corrected chi connectivity index (χ4v) is 6.04. The van der Waals surface area contributed by atoms with Crippen LogP contribution in [-0.2, 0) is 20.8 Å². The Morgan fingerprint density at radius 2 is 1.82 bits per heavy atom.